The van der Waals surface area contributed by atoms with Gasteiger partial charge in [0.25, 0.3) is 0 Å². The summed E-state index contributed by atoms with van der Waals surface area (Å²) in [6.45, 7) is 6.08. The first-order chi connectivity index (χ1) is 6.08. The van der Waals surface area contributed by atoms with Crippen LogP contribution in [0.2, 0.25) is 6.55 Å². The van der Waals surface area contributed by atoms with Gasteiger partial charge in [-0.2, -0.15) is 0 Å². The van der Waals surface area contributed by atoms with Crippen LogP contribution in [0.1, 0.15) is 13.8 Å². The Morgan fingerprint density at radius 3 is 2.08 bits per heavy atom. The first-order valence-corrected chi connectivity index (χ1v) is 6.50. The minimum Gasteiger partial charge on any atom is -0.472 e. The van der Waals surface area contributed by atoms with Gasteiger partial charge >= 0.3 is 14.8 Å². The van der Waals surface area contributed by atoms with E-state index in [1.54, 1.807) is 6.55 Å². The zero-order valence-electron chi connectivity index (χ0n) is 8.33. The Hall–Kier alpha value is -0.433. The van der Waals surface area contributed by atoms with Gasteiger partial charge in [0.15, 0.2) is 0 Å². The van der Waals surface area contributed by atoms with Gasteiger partial charge in [-0.15, -0.1) is 0 Å². The molecule has 0 aliphatic heterocycles. The normalized spacial score (nSPS) is 11.4. The Labute approximate surface area is 79.5 Å². The Balaban J connectivity index is 4.13. The second-order valence-corrected chi connectivity index (χ2v) is 4.91. The molecule has 0 fully saturated rings. The molecule has 0 atom stereocenters. The van der Waals surface area contributed by atoms with Crippen LogP contribution in [0.4, 0.5) is 0 Å². The third kappa shape index (κ3) is 4.99. The van der Waals surface area contributed by atoms with Crippen LogP contribution in [0.15, 0.2) is 0 Å². The van der Waals surface area contributed by atoms with Gasteiger partial charge in [-0.3, -0.25) is 4.79 Å². The maximum atomic E-state index is 10.9. The van der Waals surface area contributed by atoms with Crippen molar-refractivity contribution in [1.82, 2.24) is 0 Å². The molecule has 2 N–H and O–H groups in total. The summed E-state index contributed by atoms with van der Waals surface area (Å²) < 4.78 is 15.5. The van der Waals surface area contributed by atoms with Crippen LogP contribution in [0.5, 0.6) is 0 Å². The van der Waals surface area contributed by atoms with Crippen LogP contribution in [-0.4, -0.2) is 34.5 Å². The van der Waals surface area contributed by atoms with Gasteiger partial charge in [0, 0.05) is 19.8 Å². The SMILES string of the molecule is CCO[Si](C)(OCC)OC(=O)CN. The van der Waals surface area contributed by atoms with E-state index in [2.05, 4.69) is 0 Å². The number of carbonyl (C=O) groups excluding carboxylic acids is 1. The predicted molar refractivity (Wildman–Crippen MR) is 50.0 cm³/mol. The first-order valence-electron chi connectivity index (χ1n) is 4.27. The highest BCUT2D eigenvalue weighted by Gasteiger charge is 2.37. The van der Waals surface area contributed by atoms with Crippen molar-refractivity contribution in [1.29, 1.82) is 0 Å². The highest BCUT2D eigenvalue weighted by atomic mass is 28.4. The van der Waals surface area contributed by atoms with Gasteiger partial charge in [-0.25, -0.2) is 0 Å². The summed E-state index contributed by atoms with van der Waals surface area (Å²) in [6.07, 6.45) is 0. The molecular weight excluding hydrogens is 190 g/mol. The number of hydrogen-bond acceptors (Lipinski definition) is 5. The average molecular weight is 207 g/mol. The Morgan fingerprint density at radius 1 is 1.31 bits per heavy atom. The maximum Gasteiger partial charge on any atom is 0.564 e. The first kappa shape index (κ1) is 12.6. The summed E-state index contributed by atoms with van der Waals surface area (Å²) >= 11 is 0. The van der Waals surface area contributed by atoms with Crippen molar-refractivity contribution >= 4 is 14.8 Å². The minimum atomic E-state index is -2.76. The molecule has 0 amide bonds. The molecule has 0 saturated carbocycles. The number of rotatable bonds is 6. The van der Waals surface area contributed by atoms with Crippen molar-refractivity contribution in [3.05, 3.63) is 0 Å². The lowest BCUT2D eigenvalue weighted by atomic mass is 10.7. The summed E-state index contributed by atoms with van der Waals surface area (Å²) in [5.41, 5.74) is 5.11. The maximum absolute atomic E-state index is 10.9. The standard InChI is InChI=1S/C7H17NO4Si/c1-4-10-13(3,11-5-2)12-7(9)6-8/h4-6,8H2,1-3H3. The van der Waals surface area contributed by atoms with Gasteiger partial charge < -0.3 is 19.0 Å². The minimum absolute atomic E-state index is 0.150. The zero-order chi connectivity index (χ0) is 10.3. The fourth-order valence-electron chi connectivity index (χ4n) is 0.873. The largest absolute Gasteiger partial charge is 0.564 e. The molecular formula is C7H17NO4Si. The van der Waals surface area contributed by atoms with Crippen LogP contribution < -0.4 is 5.73 Å². The van der Waals surface area contributed by atoms with Crippen LogP contribution in [0.25, 0.3) is 0 Å². The lowest BCUT2D eigenvalue weighted by Gasteiger charge is -2.23. The fourth-order valence-corrected chi connectivity index (χ4v) is 2.62. The van der Waals surface area contributed by atoms with Crippen LogP contribution in [0, 0.1) is 0 Å². The molecule has 0 saturated heterocycles. The van der Waals surface area contributed by atoms with E-state index < -0.39 is 14.8 Å². The van der Waals surface area contributed by atoms with Gasteiger partial charge in [0.05, 0.1) is 6.54 Å². The highest BCUT2D eigenvalue weighted by Crippen LogP contribution is 2.08. The van der Waals surface area contributed by atoms with E-state index in [0.717, 1.165) is 0 Å². The number of nitrogens with two attached hydrogens (primary N) is 1. The highest BCUT2D eigenvalue weighted by molar-refractivity contribution is 6.60. The molecule has 13 heavy (non-hydrogen) atoms. The van der Waals surface area contributed by atoms with Crippen molar-refractivity contribution in [2.45, 2.75) is 20.4 Å². The second kappa shape index (κ2) is 6.09. The zero-order valence-corrected chi connectivity index (χ0v) is 9.33. The van der Waals surface area contributed by atoms with E-state index in [-0.39, 0.29) is 6.54 Å². The number of carbonyl (C=O) groups is 1. The summed E-state index contributed by atoms with van der Waals surface area (Å²) in [7, 11) is -2.76. The average Bonchev–Trinajstić information content (AvgIpc) is 2.04. The molecule has 0 radical (unpaired) electrons. The molecule has 0 aromatic carbocycles. The summed E-state index contributed by atoms with van der Waals surface area (Å²) in [4.78, 5) is 10.9. The molecule has 0 spiro atoms. The second-order valence-electron chi connectivity index (χ2n) is 2.41. The van der Waals surface area contributed by atoms with Gasteiger partial charge in [-0.1, -0.05) is 0 Å². The molecule has 0 bridgehead atoms. The third-order valence-corrected chi connectivity index (χ3v) is 3.50. The third-order valence-electron chi connectivity index (χ3n) is 1.28. The molecule has 0 aliphatic carbocycles. The molecule has 0 aromatic heterocycles. The smallest absolute Gasteiger partial charge is 0.472 e. The van der Waals surface area contributed by atoms with E-state index in [9.17, 15) is 4.79 Å². The van der Waals surface area contributed by atoms with Crippen molar-refractivity contribution in [2.75, 3.05) is 19.8 Å². The molecule has 0 rings (SSSR count). The monoisotopic (exact) mass is 207 g/mol. The Bertz CT molecular complexity index is 159. The van der Waals surface area contributed by atoms with Crippen molar-refractivity contribution in [2.24, 2.45) is 5.73 Å². The van der Waals surface area contributed by atoms with Crippen LogP contribution in [0.3, 0.4) is 0 Å². The summed E-state index contributed by atoms with van der Waals surface area (Å²) in [5.74, 6) is -0.490. The quantitative estimate of drug-likeness (QED) is 0.627. The van der Waals surface area contributed by atoms with Gasteiger partial charge in [-0.05, 0) is 13.8 Å². The van der Waals surface area contributed by atoms with Crippen molar-refractivity contribution in [3.63, 3.8) is 0 Å². The van der Waals surface area contributed by atoms with E-state index in [0.29, 0.717) is 13.2 Å². The van der Waals surface area contributed by atoms with E-state index in [4.69, 9.17) is 19.0 Å². The molecule has 0 heterocycles. The Kier molecular flexibility index (Phi) is 5.88. The summed E-state index contributed by atoms with van der Waals surface area (Å²) in [5, 5.41) is 0. The lowest BCUT2D eigenvalue weighted by Crippen LogP contribution is -2.45. The molecule has 5 nitrogen and oxygen atoms in total. The van der Waals surface area contributed by atoms with E-state index in [1.165, 1.54) is 0 Å². The molecule has 0 aliphatic rings. The van der Waals surface area contributed by atoms with Gasteiger partial charge in [0.2, 0.25) is 0 Å². The topological polar surface area (TPSA) is 70.8 Å². The van der Waals surface area contributed by atoms with Crippen molar-refractivity contribution < 1.29 is 18.1 Å². The van der Waals surface area contributed by atoms with E-state index in [1.807, 2.05) is 13.8 Å². The summed E-state index contributed by atoms with van der Waals surface area (Å²) in [6, 6.07) is 0. The van der Waals surface area contributed by atoms with Crippen LogP contribution in [-0.2, 0) is 18.1 Å². The molecule has 0 aromatic rings. The van der Waals surface area contributed by atoms with E-state index >= 15 is 0 Å². The molecule has 0 unspecified atom stereocenters. The number of hydrogen-bond donors (Lipinski definition) is 1. The van der Waals surface area contributed by atoms with Crippen LogP contribution >= 0.6 is 0 Å². The Morgan fingerprint density at radius 2 is 1.77 bits per heavy atom. The molecule has 6 heteroatoms. The predicted octanol–water partition coefficient (Wildman–Crippen LogP) is 0.130. The lowest BCUT2D eigenvalue weighted by molar-refractivity contribution is -0.137. The fraction of sp³-hybridized carbons (Fsp3) is 0.857. The molecule has 78 valence electrons. The van der Waals surface area contributed by atoms with Gasteiger partial charge in [0.1, 0.15) is 0 Å². The van der Waals surface area contributed by atoms with Crippen molar-refractivity contribution in [3.8, 4) is 0 Å².